The monoisotopic (exact) mass is 378 g/mol. The van der Waals surface area contributed by atoms with Crippen LogP contribution in [0.2, 0.25) is 0 Å². The van der Waals surface area contributed by atoms with Crippen molar-refractivity contribution in [1.82, 2.24) is 5.01 Å². The smallest absolute Gasteiger partial charge is 0.234 e. The third-order valence-electron chi connectivity index (χ3n) is 4.73. The van der Waals surface area contributed by atoms with Crippen LogP contribution in [0.4, 0.5) is 11.4 Å². The van der Waals surface area contributed by atoms with Gasteiger partial charge in [0, 0.05) is 23.9 Å². The van der Waals surface area contributed by atoms with Crippen molar-refractivity contribution in [2.45, 2.75) is 32.2 Å². The van der Waals surface area contributed by atoms with Crippen LogP contribution in [0.1, 0.15) is 43.4 Å². The van der Waals surface area contributed by atoms with Gasteiger partial charge in [-0.05, 0) is 23.6 Å². The SMILES string of the molecule is CC(C)c1ccccc1NC(=O)CSC1=Nc2ccccc2C2CC=NN12. The lowest BCUT2D eigenvalue weighted by Gasteiger charge is -2.29. The number of anilines is 1. The molecule has 138 valence electrons. The van der Waals surface area contributed by atoms with Crippen molar-refractivity contribution in [2.24, 2.45) is 10.1 Å². The summed E-state index contributed by atoms with van der Waals surface area (Å²) in [6.07, 6.45) is 2.78. The number of fused-ring (bicyclic) bond motifs is 3. The zero-order valence-corrected chi connectivity index (χ0v) is 16.2. The summed E-state index contributed by atoms with van der Waals surface area (Å²) in [4.78, 5) is 17.2. The van der Waals surface area contributed by atoms with E-state index in [9.17, 15) is 4.79 Å². The number of carbonyl (C=O) groups is 1. The van der Waals surface area contributed by atoms with Crippen molar-refractivity contribution in [2.75, 3.05) is 11.1 Å². The Bertz CT molecular complexity index is 922. The Morgan fingerprint density at radius 3 is 2.85 bits per heavy atom. The Hall–Kier alpha value is -2.60. The molecule has 1 unspecified atom stereocenters. The van der Waals surface area contributed by atoms with Crippen molar-refractivity contribution >= 4 is 40.4 Å². The Labute approximate surface area is 163 Å². The Balaban J connectivity index is 1.47. The van der Waals surface area contributed by atoms with E-state index >= 15 is 0 Å². The molecule has 0 aromatic heterocycles. The normalized spacial score (nSPS) is 17.5. The molecule has 2 aliphatic heterocycles. The maximum atomic E-state index is 12.5. The highest BCUT2D eigenvalue weighted by Crippen LogP contribution is 2.40. The third-order valence-corrected chi connectivity index (χ3v) is 5.67. The number of rotatable bonds is 4. The first-order valence-electron chi connectivity index (χ1n) is 9.14. The molecule has 1 atom stereocenters. The van der Waals surface area contributed by atoms with Gasteiger partial charge in [0.2, 0.25) is 5.91 Å². The molecule has 2 heterocycles. The number of benzene rings is 2. The number of amidine groups is 1. The average Bonchev–Trinajstić information content (AvgIpc) is 3.17. The molecular weight excluding hydrogens is 356 g/mol. The Morgan fingerprint density at radius 2 is 2.00 bits per heavy atom. The van der Waals surface area contributed by atoms with E-state index in [4.69, 9.17) is 4.99 Å². The van der Waals surface area contributed by atoms with Gasteiger partial charge in [-0.15, -0.1) is 0 Å². The summed E-state index contributed by atoms with van der Waals surface area (Å²) in [7, 11) is 0. The number of amides is 1. The van der Waals surface area contributed by atoms with Crippen LogP contribution in [0.5, 0.6) is 0 Å². The molecule has 0 aliphatic carbocycles. The van der Waals surface area contributed by atoms with Gasteiger partial charge in [0.05, 0.1) is 17.5 Å². The minimum absolute atomic E-state index is 0.0330. The molecular formula is C21H22N4OS. The number of aliphatic imine (C=N–C) groups is 1. The highest BCUT2D eigenvalue weighted by Gasteiger charge is 2.32. The van der Waals surface area contributed by atoms with Gasteiger partial charge >= 0.3 is 0 Å². The zero-order valence-electron chi connectivity index (χ0n) is 15.4. The molecule has 6 heteroatoms. The molecule has 2 aromatic rings. The summed E-state index contributed by atoms with van der Waals surface area (Å²) >= 11 is 1.43. The van der Waals surface area contributed by atoms with Gasteiger partial charge in [-0.1, -0.05) is 62.0 Å². The van der Waals surface area contributed by atoms with Crippen molar-refractivity contribution < 1.29 is 4.79 Å². The van der Waals surface area contributed by atoms with Crippen LogP contribution in [0.15, 0.2) is 58.6 Å². The fraction of sp³-hybridized carbons (Fsp3) is 0.286. The Kier molecular flexibility index (Phi) is 4.99. The first kappa shape index (κ1) is 17.8. The maximum absolute atomic E-state index is 12.5. The molecule has 2 aliphatic rings. The van der Waals surface area contributed by atoms with Crippen LogP contribution in [0.3, 0.4) is 0 Å². The molecule has 0 spiro atoms. The molecule has 27 heavy (non-hydrogen) atoms. The van der Waals surface area contributed by atoms with Gasteiger partial charge in [-0.3, -0.25) is 4.79 Å². The van der Waals surface area contributed by atoms with Gasteiger partial charge in [-0.25, -0.2) is 10.0 Å². The van der Waals surface area contributed by atoms with E-state index in [0.29, 0.717) is 11.7 Å². The first-order valence-corrected chi connectivity index (χ1v) is 10.1. The molecule has 0 radical (unpaired) electrons. The molecule has 0 bridgehead atoms. The average molecular weight is 379 g/mol. The van der Waals surface area contributed by atoms with E-state index in [1.807, 2.05) is 47.6 Å². The van der Waals surface area contributed by atoms with Crippen molar-refractivity contribution in [3.8, 4) is 0 Å². The minimum atomic E-state index is -0.0330. The van der Waals surface area contributed by atoms with Crippen LogP contribution in [-0.2, 0) is 4.79 Å². The molecule has 1 amide bonds. The number of nitrogens with one attached hydrogen (secondary N) is 1. The number of hydrogen-bond acceptors (Lipinski definition) is 5. The second-order valence-corrected chi connectivity index (χ2v) is 7.87. The van der Waals surface area contributed by atoms with E-state index in [1.165, 1.54) is 17.3 Å². The highest BCUT2D eigenvalue weighted by molar-refractivity contribution is 8.14. The molecule has 1 N–H and O–H groups in total. The van der Waals surface area contributed by atoms with Crippen LogP contribution < -0.4 is 5.32 Å². The maximum Gasteiger partial charge on any atom is 0.234 e. The number of thioether (sulfide) groups is 1. The lowest BCUT2D eigenvalue weighted by atomic mass is 10.0. The second kappa shape index (κ2) is 7.56. The van der Waals surface area contributed by atoms with E-state index in [1.54, 1.807) is 0 Å². The first-order chi connectivity index (χ1) is 13.1. The summed E-state index contributed by atoms with van der Waals surface area (Å²) in [6.45, 7) is 4.25. The standard InChI is InChI=1S/C21H22N4OS/c1-14(2)15-7-3-5-9-17(15)23-20(26)13-27-21-24-18-10-6-4-8-16(18)19-11-12-22-25(19)21/h3-10,12,14,19H,11,13H2,1-2H3,(H,23,26). The van der Waals surface area contributed by atoms with E-state index in [2.05, 4.69) is 36.4 Å². The molecule has 2 aromatic carbocycles. The largest absolute Gasteiger partial charge is 0.325 e. The van der Waals surface area contributed by atoms with Crippen LogP contribution in [0.25, 0.3) is 0 Å². The van der Waals surface area contributed by atoms with Crippen LogP contribution >= 0.6 is 11.8 Å². The summed E-state index contributed by atoms with van der Waals surface area (Å²) in [5.41, 5.74) is 4.18. The minimum Gasteiger partial charge on any atom is -0.325 e. The van der Waals surface area contributed by atoms with E-state index in [0.717, 1.165) is 28.5 Å². The highest BCUT2D eigenvalue weighted by atomic mass is 32.2. The number of para-hydroxylation sites is 2. The Morgan fingerprint density at radius 1 is 1.22 bits per heavy atom. The lowest BCUT2D eigenvalue weighted by molar-refractivity contribution is -0.113. The van der Waals surface area contributed by atoms with Gasteiger partial charge in [0.15, 0.2) is 5.17 Å². The lowest BCUT2D eigenvalue weighted by Crippen LogP contribution is -2.29. The second-order valence-electron chi connectivity index (χ2n) is 6.93. The number of hydrogen-bond donors (Lipinski definition) is 1. The molecule has 4 rings (SSSR count). The summed E-state index contributed by atoms with van der Waals surface area (Å²) in [6, 6.07) is 16.3. The molecule has 0 saturated heterocycles. The fourth-order valence-corrected chi connectivity index (χ4v) is 4.21. The summed E-state index contributed by atoms with van der Waals surface area (Å²) in [5, 5.41) is 10.2. The third kappa shape index (κ3) is 3.62. The van der Waals surface area contributed by atoms with Crippen molar-refractivity contribution in [1.29, 1.82) is 0 Å². The van der Waals surface area contributed by atoms with E-state index in [-0.39, 0.29) is 11.9 Å². The van der Waals surface area contributed by atoms with Gasteiger partial charge < -0.3 is 5.32 Å². The number of nitrogens with zero attached hydrogens (tertiary/aromatic N) is 3. The van der Waals surface area contributed by atoms with Crippen LogP contribution in [0, 0.1) is 0 Å². The van der Waals surface area contributed by atoms with Crippen molar-refractivity contribution in [3.63, 3.8) is 0 Å². The van der Waals surface area contributed by atoms with Gasteiger partial charge in [0.1, 0.15) is 0 Å². The zero-order chi connectivity index (χ0) is 18.8. The molecule has 0 fully saturated rings. The number of carbonyl (C=O) groups excluding carboxylic acids is 1. The van der Waals surface area contributed by atoms with Gasteiger partial charge in [0.25, 0.3) is 0 Å². The predicted octanol–water partition coefficient (Wildman–Crippen LogP) is 4.92. The molecule has 5 nitrogen and oxygen atoms in total. The van der Waals surface area contributed by atoms with Crippen LogP contribution in [-0.4, -0.2) is 28.1 Å². The van der Waals surface area contributed by atoms with Crippen molar-refractivity contribution in [3.05, 3.63) is 59.7 Å². The predicted molar refractivity (Wildman–Crippen MR) is 113 cm³/mol. The summed E-state index contributed by atoms with van der Waals surface area (Å²) < 4.78 is 0. The quantitative estimate of drug-likeness (QED) is 0.822. The molecule has 0 saturated carbocycles. The number of hydrazone groups is 1. The van der Waals surface area contributed by atoms with Gasteiger partial charge in [-0.2, -0.15) is 5.10 Å². The fourth-order valence-electron chi connectivity index (χ4n) is 3.41. The topological polar surface area (TPSA) is 57.1 Å². The van der Waals surface area contributed by atoms with E-state index < -0.39 is 0 Å². The summed E-state index contributed by atoms with van der Waals surface area (Å²) in [5.74, 6) is 0.620.